The zero-order valence-electron chi connectivity index (χ0n) is 27.0. The maximum absolute atomic E-state index is 12.8. The Balaban J connectivity index is 1.03. The van der Waals surface area contributed by atoms with Crippen molar-refractivity contribution >= 4 is 23.8 Å². The van der Waals surface area contributed by atoms with E-state index in [4.69, 9.17) is 25.4 Å². The Labute approximate surface area is 273 Å². The summed E-state index contributed by atoms with van der Waals surface area (Å²) in [7, 11) is 0. The van der Waals surface area contributed by atoms with E-state index in [1.165, 1.54) is 6.07 Å². The predicted octanol–water partition coefficient (Wildman–Crippen LogP) is 2.18. The van der Waals surface area contributed by atoms with E-state index >= 15 is 0 Å². The fourth-order valence-electron chi connectivity index (χ4n) is 10.4. The first-order valence-corrected chi connectivity index (χ1v) is 17.1. The molecule has 1 aliphatic heterocycles. The molecule has 0 aromatic carbocycles. The minimum absolute atomic E-state index is 0.0701. The number of guanidine groups is 1. The van der Waals surface area contributed by atoms with Gasteiger partial charge in [-0.05, 0) is 105 Å². The molecule has 4 saturated carbocycles. The van der Waals surface area contributed by atoms with Crippen molar-refractivity contribution in [3.8, 4) is 0 Å². The number of esters is 1. The zero-order chi connectivity index (χ0) is 33.6. The van der Waals surface area contributed by atoms with Gasteiger partial charge in [-0.1, -0.05) is 6.92 Å². The van der Waals surface area contributed by atoms with Gasteiger partial charge in [0.15, 0.2) is 5.96 Å². The number of nitrogens with one attached hydrogen (secondary N) is 1. The van der Waals surface area contributed by atoms with Crippen LogP contribution in [0, 0.1) is 28.6 Å². The lowest BCUT2D eigenvalue weighted by atomic mass is 9.43. The Hall–Kier alpha value is -3.45. The highest BCUT2D eigenvalue weighted by atomic mass is 16.6. The lowest BCUT2D eigenvalue weighted by Gasteiger charge is -2.61. The molecule has 5 fully saturated rings. The molecule has 7 N–H and O–H groups in total. The van der Waals surface area contributed by atoms with Crippen LogP contribution in [0.2, 0.25) is 0 Å². The number of amides is 1. The second-order valence-electron chi connectivity index (χ2n) is 14.7. The number of carbonyl (C=O) groups is 3. The van der Waals surface area contributed by atoms with Crippen LogP contribution in [0.25, 0.3) is 0 Å². The summed E-state index contributed by atoms with van der Waals surface area (Å²) in [6.45, 7) is 2.69. The van der Waals surface area contributed by atoms with Crippen LogP contribution >= 0.6 is 0 Å². The monoisotopic (exact) mass is 656 g/mol. The van der Waals surface area contributed by atoms with Gasteiger partial charge in [0, 0.05) is 31.1 Å². The molecule has 6 rings (SSSR count). The second kappa shape index (κ2) is 12.9. The van der Waals surface area contributed by atoms with Gasteiger partial charge in [0.25, 0.3) is 0 Å². The largest absolute Gasteiger partial charge is 0.480 e. The summed E-state index contributed by atoms with van der Waals surface area (Å²) in [6, 6.07) is 2.31. The number of hydrogen-bond acceptors (Lipinski definition) is 9. The van der Waals surface area contributed by atoms with Crippen molar-refractivity contribution in [1.82, 2.24) is 5.32 Å². The fourth-order valence-corrected chi connectivity index (χ4v) is 10.4. The van der Waals surface area contributed by atoms with Crippen molar-refractivity contribution in [2.45, 2.75) is 114 Å². The predicted molar refractivity (Wildman–Crippen MR) is 169 cm³/mol. The SMILES string of the molecule is C[C@]12CC[C@H]3[C@@H](CC[C@@H]4C[C@@H](OC(=O)CCC(=O)N[C@@H](CCCN=C(N)N)C(=O)O)CC[C@@]43CO)[C@]13O[C@@H]3C[C@@H]2c1ccc(=O)oc1. The van der Waals surface area contributed by atoms with Crippen molar-refractivity contribution in [2.75, 3.05) is 13.2 Å². The molecule has 10 atom stereocenters. The van der Waals surface area contributed by atoms with E-state index in [1.54, 1.807) is 6.26 Å². The van der Waals surface area contributed by atoms with Crippen LogP contribution in [0.5, 0.6) is 0 Å². The summed E-state index contributed by atoms with van der Waals surface area (Å²) in [5.41, 5.74) is 10.7. The molecule has 2 heterocycles. The minimum atomic E-state index is -1.17. The van der Waals surface area contributed by atoms with Gasteiger partial charge in [0.1, 0.15) is 17.7 Å². The number of carboxylic acids is 1. The summed E-state index contributed by atoms with van der Waals surface area (Å²) >= 11 is 0. The zero-order valence-corrected chi connectivity index (χ0v) is 27.0. The third-order valence-corrected chi connectivity index (χ3v) is 12.6. The van der Waals surface area contributed by atoms with Crippen LogP contribution < -0.4 is 22.4 Å². The van der Waals surface area contributed by atoms with Crippen LogP contribution in [-0.2, 0) is 23.9 Å². The van der Waals surface area contributed by atoms with Gasteiger partial charge in [0.2, 0.25) is 5.91 Å². The van der Waals surface area contributed by atoms with Crippen LogP contribution in [0.15, 0.2) is 32.6 Å². The molecule has 5 aliphatic rings. The maximum atomic E-state index is 12.8. The number of nitrogens with two attached hydrogens (primary N) is 2. The molecule has 258 valence electrons. The molecule has 1 saturated heterocycles. The lowest BCUT2D eigenvalue weighted by molar-refractivity contribution is -0.176. The first-order chi connectivity index (χ1) is 22.4. The first kappa shape index (κ1) is 33.5. The molecular formula is C34H48N4O9. The number of carbonyl (C=O) groups excluding carboxylic acids is 2. The van der Waals surface area contributed by atoms with Crippen molar-refractivity contribution in [3.63, 3.8) is 0 Å². The van der Waals surface area contributed by atoms with E-state index in [2.05, 4.69) is 17.2 Å². The number of aliphatic hydroxyl groups excluding tert-OH is 1. The minimum Gasteiger partial charge on any atom is -0.480 e. The Bertz CT molecular complexity index is 1440. The van der Waals surface area contributed by atoms with Crippen molar-refractivity contribution in [3.05, 3.63) is 34.4 Å². The maximum Gasteiger partial charge on any atom is 0.335 e. The number of aliphatic hydroxyl groups is 1. The Morgan fingerprint density at radius 3 is 2.62 bits per heavy atom. The quantitative estimate of drug-likeness (QED) is 0.0721. The third-order valence-electron chi connectivity index (χ3n) is 12.6. The van der Waals surface area contributed by atoms with Crippen molar-refractivity contribution < 1.29 is 38.5 Å². The number of aliphatic imine (C=N–C) groups is 1. The van der Waals surface area contributed by atoms with Gasteiger partial charge in [-0.3, -0.25) is 14.6 Å². The number of aliphatic carboxylic acids is 1. The number of carboxylic acid groups (broad SMARTS) is 1. The average Bonchev–Trinajstić information content (AvgIpc) is 3.70. The molecule has 4 aliphatic carbocycles. The number of nitrogens with zero attached hydrogens (tertiary/aromatic N) is 1. The molecule has 0 bridgehead atoms. The standard InChI is InChI=1S/C34H48N4O9/c1-32-12-11-22-23(34(32)26(47-34)16-24(32)19-4-8-28(41)45-17-19)6-5-20-15-21(10-13-33(20,22)18-39)46-29(42)9-7-27(40)38-25(30(43)44)3-2-14-37-31(35)36/h4,8,17,20-26,39H,2-3,5-7,9-16,18H2,1H3,(H,38,40)(H,43,44)(H4,35,36,37)/t20-,21+,22+,23-,24-,25+,26-,32-,33-,34-/m1/s1. The van der Waals surface area contributed by atoms with E-state index in [0.29, 0.717) is 31.1 Å². The molecule has 0 unspecified atom stereocenters. The Morgan fingerprint density at radius 1 is 1.11 bits per heavy atom. The normalized spacial score (nSPS) is 37.2. The molecule has 13 nitrogen and oxygen atoms in total. The number of hydrogen-bond donors (Lipinski definition) is 5. The second-order valence-corrected chi connectivity index (χ2v) is 14.7. The van der Waals surface area contributed by atoms with E-state index in [-0.39, 0.29) is 84.5 Å². The van der Waals surface area contributed by atoms with Crippen LogP contribution in [0.3, 0.4) is 0 Å². The number of ether oxygens (including phenoxy) is 2. The van der Waals surface area contributed by atoms with Crippen molar-refractivity contribution in [1.29, 1.82) is 0 Å². The highest BCUT2D eigenvalue weighted by Gasteiger charge is 2.80. The summed E-state index contributed by atoms with van der Waals surface area (Å²) in [5, 5.41) is 22.9. The van der Waals surface area contributed by atoms with E-state index in [1.807, 2.05) is 6.07 Å². The molecular weight excluding hydrogens is 608 g/mol. The van der Waals surface area contributed by atoms with Gasteiger partial charge in [-0.25, -0.2) is 9.59 Å². The van der Waals surface area contributed by atoms with Crippen molar-refractivity contribution in [2.24, 2.45) is 45.0 Å². The molecule has 13 heteroatoms. The number of fused-ring (bicyclic) bond motifs is 3. The van der Waals surface area contributed by atoms with E-state index in [0.717, 1.165) is 44.1 Å². The van der Waals surface area contributed by atoms with Gasteiger partial charge in [-0.15, -0.1) is 0 Å². The Morgan fingerprint density at radius 2 is 1.91 bits per heavy atom. The summed E-state index contributed by atoms with van der Waals surface area (Å²) in [5.74, 6) is -1.12. The Kier molecular flexibility index (Phi) is 9.16. The van der Waals surface area contributed by atoms with E-state index < -0.39 is 23.9 Å². The topological polar surface area (TPSA) is 220 Å². The van der Waals surface area contributed by atoms with Gasteiger partial charge >= 0.3 is 17.6 Å². The molecule has 0 radical (unpaired) electrons. The van der Waals surface area contributed by atoms with Crippen LogP contribution in [0.1, 0.15) is 95.5 Å². The summed E-state index contributed by atoms with van der Waals surface area (Å²) < 4.78 is 17.7. The van der Waals surface area contributed by atoms with Crippen LogP contribution in [-0.4, -0.2) is 71.0 Å². The van der Waals surface area contributed by atoms with Gasteiger partial charge in [0.05, 0.1) is 18.8 Å². The molecule has 1 spiro atoms. The van der Waals surface area contributed by atoms with Gasteiger partial charge < -0.3 is 40.9 Å². The molecule has 1 aromatic heterocycles. The summed E-state index contributed by atoms with van der Waals surface area (Å²) in [6.07, 6.45) is 8.62. The lowest BCUT2D eigenvalue weighted by Crippen LogP contribution is -2.60. The van der Waals surface area contributed by atoms with Crippen LogP contribution in [0.4, 0.5) is 0 Å². The summed E-state index contributed by atoms with van der Waals surface area (Å²) in [4.78, 5) is 52.2. The molecule has 1 amide bonds. The van der Waals surface area contributed by atoms with E-state index in [9.17, 15) is 29.4 Å². The van der Waals surface area contributed by atoms with Gasteiger partial charge in [-0.2, -0.15) is 0 Å². The molecule has 47 heavy (non-hydrogen) atoms. The average molecular weight is 657 g/mol. The number of rotatable bonds is 12. The third kappa shape index (κ3) is 5.94. The highest BCUT2D eigenvalue weighted by Crippen LogP contribution is 2.78. The number of epoxide rings is 1. The first-order valence-electron chi connectivity index (χ1n) is 17.1. The molecule has 1 aromatic rings. The fraction of sp³-hybridized carbons (Fsp3) is 0.735. The smallest absolute Gasteiger partial charge is 0.335 e. The highest BCUT2D eigenvalue weighted by molar-refractivity contribution is 5.85.